The minimum Gasteiger partial charge on any atom is -0.458 e. The number of rotatable bonds is 4. The number of benzene rings is 1. The van der Waals surface area contributed by atoms with Gasteiger partial charge >= 0.3 is 5.97 Å². The number of hydrazone groups is 1. The zero-order valence-electron chi connectivity index (χ0n) is 22.5. The van der Waals surface area contributed by atoms with Gasteiger partial charge in [-0.1, -0.05) is 30.1 Å². The Labute approximate surface area is 243 Å². The zero-order chi connectivity index (χ0) is 28.5. The normalized spacial score (nSPS) is 42.5. The molecule has 0 bridgehead atoms. The number of cyclic esters (lactones) is 1. The number of nitrogens with one attached hydrogen (secondary N) is 1. The van der Waals surface area contributed by atoms with Crippen molar-refractivity contribution >= 4 is 41.3 Å². The Morgan fingerprint density at radius 2 is 1.88 bits per heavy atom. The summed E-state index contributed by atoms with van der Waals surface area (Å²) in [5, 5.41) is 40.2. The maximum Gasteiger partial charge on any atom is 0.331 e. The van der Waals surface area contributed by atoms with Crippen LogP contribution in [0.1, 0.15) is 75.1 Å². The third-order valence-corrected chi connectivity index (χ3v) is 11.8. The highest BCUT2D eigenvalue weighted by Crippen LogP contribution is 2.70. The van der Waals surface area contributed by atoms with E-state index in [0.717, 1.165) is 24.8 Å². The van der Waals surface area contributed by atoms with Gasteiger partial charge in [-0.25, -0.2) is 10.2 Å². The van der Waals surface area contributed by atoms with Crippen LogP contribution in [-0.4, -0.2) is 57.3 Å². The molecule has 1 aliphatic heterocycles. The quantitative estimate of drug-likeness (QED) is 0.233. The molecule has 10 heteroatoms. The molecule has 4 aliphatic carbocycles. The molecular formula is C30H36Cl2N2O6. The molecule has 4 fully saturated rings. The lowest BCUT2D eigenvalue weighted by molar-refractivity contribution is -0.237. The van der Waals surface area contributed by atoms with Crippen molar-refractivity contribution < 1.29 is 29.6 Å². The number of aliphatic hydroxyl groups excluding tert-OH is 1. The summed E-state index contributed by atoms with van der Waals surface area (Å²) in [6.07, 6.45) is 7.80. The average Bonchev–Trinajstić information content (AvgIpc) is 3.43. The fourth-order valence-electron chi connectivity index (χ4n) is 9.30. The summed E-state index contributed by atoms with van der Waals surface area (Å²) in [4.78, 5) is 24.7. The molecule has 6 rings (SSSR count). The molecule has 0 aromatic heterocycles. The van der Waals surface area contributed by atoms with Crippen LogP contribution in [0.3, 0.4) is 0 Å². The molecule has 1 aromatic carbocycles. The fourth-order valence-corrected chi connectivity index (χ4v) is 9.79. The van der Waals surface area contributed by atoms with Crippen LogP contribution >= 0.6 is 23.2 Å². The van der Waals surface area contributed by atoms with E-state index in [1.165, 1.54) is 12.1 Å². The molecule has 8 nitrogen and oxygen atoms in total. The number of ether oxygens (including phenoxy) is 1. The number of carbonyl (C=O) groups is 2. The van der Waals surface area contributed by atoms with Crippen LogP contribution in [0.5, 0.6) is 0 Å². The van der Waals surface area contributed by atoms with E-state index in [-0.39, 0.29) is 47.3 Å². The SMILES string of the molecule is CC12CC[C@H]3[C@@H](CCC4(O)C[C@H](O)CCC34C=NNC(=O)c3ccc(Cl)cc3Cl)C1(O)CCC2C1=CC(=O)OC1. The van der Waals surface area contributed by atoms with Gasteiger partial charge in [0, 0.05) is 34.6 Å². The first-order valence-corrected chi connectivity index (χ1v) is 15.0. The first kappa shape index (κ1) is 28.2. The van der Waals surface area contributed by atoms with Crippen LogP contribution in [0.15, 0.2) is 34.9 Å². The summed E-state index contributed by atoms with van der Waals surface area (Å²) < 4.78 is 5.22. The standard InChI is InChI=1S/C30H36Cl2N2O6/c1-27-8-5-22-23(30(27,39)11-7-21(27)17-12-25(36)40-15-17)6-10-29(38)14-19(35)4-9-28(22,29)16-33-34-26(37)20-3-2-18(31)13-24(20)32/h2-3,12-13,16,19,21-23,35,38-39H,4-11,14-15H2,1H3,(H,34,37)/t19-,21?,22+,23-,27?,28?,29?,30?/m1/s1. The van der Waals surface area contributed by atoms with E-state index in [2.05, 4.69) is 17.5 Å². The Morgan fingerprint density at radius 1 is 1.10 bits per heavy atom. The monoisotopic (exact) mass is 590 g/mol. The van der Waals surface area contributed by atoms with Crippen LogP contribution in [0.2, 0.25) is 10.0 Å². The number of aliphatic hydroxyl groups is 3. The lowest BCUT2D eigenvalue weighted by Crippen LogP contribution is -2.68. The third kappa shape index (κ3) is 4.09. The first-order valence-electron chi connectivity index (χ1n) is 14.2. The smallest absolute Gasteiger partial charge is 0.331 e. The van der Waals surface area contributed by atoms with Gasteiger partial charge in [0.2, 0.25) is 0 Å². The Kier molecular flexibility index (Phi) is 6.90. The van der Waals surface area contributed by atoms with Gasteiger partial charge in [0.25, 0.3) is 5.91 Å². The second-order valence-electron chi connectivity index (χ2n) is 12.8. The van der Waals surface area contributed by atoms with E-state index in [9.17, 15) is 24.9 Å². The number of hydrogen-bond acceptors (Lipinski definition) is 7. The number of hydrogen-bond donors (Lipinski definition) is 4. The summed E-state index contributed by atoms with van der Waals surface area (Å²) in [7, 11) is 0. The second kappa shape index (κ2) is 9.80. The maximum atomic E-state index is 12.9. The summed E-state index contributed by atoms with van der Waals surface area (Å²) in [6, 6.07) is 4.60. The van der Waals surface area contributed by atoms with Crippen molar-refractivity contribution in [2.75, 3.05) is 6.61 Å². The topological polar surface area (TPSA) is 128 Å². The Hall–Kier alpha value is -1.97. The maximum absolute atomic E-state index is 12.9. The number of amides is 1. The van der Waals surface area contributed by atoms with Crippen molar-refractivity contribution in [1.29, 1.82) is 0 Å². The van der Waals surface area contributed by atoms with Crippen LogP contribution in [0, 0.1) is 28.6 Å². The van der Waals surface area contributed by atoms with Crippen molar-refractivity contribution in [2.45, 2.75) is 82.0 Å². The van der Waals surface area contributed by atoms with Crippen LogP contribution in [0.4, 0.5) is 0 Å². The number of carbonyl (C=O) groups excluding carboxylic acids is 2. The van der Waals surface area contributed by atoms with Crippen LogP contribution < -0.4 is 5.43 Å². The van der Waals surface area contributed by atoms with Crippen molar-refractivity contribution in [2.24, 2.45) is 33.7 Å². The molecule has 0 saturated heterocycles. The van der Waals surface area contributed by atoms with Gasteiger partial charge in [-0.05, 0) is 92.9 Å². The predicted octanol–water partition coefficient (Wildman–Crippen LogP) is 4.42. The molecule has 4 saturated carbocycles. The van der Waals surface area contributed by atoms with Crippen molar-refractivity contribution in [3.05, 3.63) is 45.5 Å². The molecule has 0 spiro atoms. The second-order valence-corrected chi connectivity index (χ2v) is 13.7. The zero-order valence-corrected chi connectivity index (χ0v) is 24.0. The summed E-state index contributed by atoms with van der Waals surface area (Å²) in [5.41, 5.74) is 0.345. The number of fused-ring (bicyclic) bond motifs is 5. The predicted molar refractivity (Wildman–Crippen MR) is 150 cm³/mol. The van der Waals surface area contributed by atoms with Crippen LogP contribution in [-0.2, 0) is 9.53 Å². The van der Waals surface area contributed by atoms with E-state index < -0.39 is 34.0 Å². The van der Waals surface area contributed by atoms with Gasteiger partial charge in [-0.2, -0.15) is 5.10 Å². The minimum absolute atomic E-state index is 0.0620. The molecule has 1 heterocycles. The van der Waals surface area contributed by atoms with E-state index in [1.807, 2.05) is 0 Å². The van der Waals surface area contributed by atoms with Gasteiger partial charge in [0.1, 0.15) is 6.61 Å². The molecule has 5 aliphatic rings. The third-order valence-electron chi connectivity index (χ3n) is 11.3. The molecule has 0 radical (unpaired) electrons. The largest absolute Gasteiger partial charge is 0.458 e. The number of nitrogens with zero attached hydrogens (tertiary/aromatic N) is 1. The molecule has 5 unspecified atom stereocenters. The summed E-state index contributed by atoms with van der Waals surface area (Å²) in [6.45, 7) is 2.43. The lowest BCUT2D eigenvalue weighted by atomic mass is 9.41. The molecule has 8 atom stereocenters. The van der Waals surface area contributed by atoms with Crippen LogP contribution in [0.25, 0.3) is 0 Å². The fraction of sp³-hybridized carbons (Fsp3) is 0.633. The average molecular weight is 592 g/mol. The Bertz CT molecular complexity index is 1300. The van der Waals surface area contributed by atoms with E-state index >= 15 is 0 Å². The molecule has 216 valence electrons. The highest BCUT2D eigenvalue weighted by Gasteiger charge is 2.71. The van der Waals surface area contributed by atoms with Gasteiger partial charge in [0.15, 0.2) is 0 Å². The molecule has 4 N–H and O–H groups in total. The highest BCUT2D eigenvalue weighted by molar-refractivity contribution is 6.36. The van der Waals surface area contributed by atoms with Gasteiger partial charge in [-0.3, -0.25) is 4.79 Å². The molecule has 40 heavy (non-hydrogen) atoms. The van der Waals surface area contributed by atoms with Gasteiger partial charge in [0.05, 0.1) is 27.9 Å². The number of esters is 1. The molecular weight excluding hydrogens is 555 g/mol. The first-order chi connectivity index (χ1) is 18.9. The summed E-state index contributed by atoms with van der Waals surface area (Å²) in [5.74, 6) is -0.935. The number of halogens is 2. The van der Waals surface area contributed by atoms with Crippen molar-refractivity contribution in [3.8, 4) is 0 Å². The Morgan fingerprint density at radius 3 is 2.60 bits per heavy atom. The van der Waals surface area contributed by atoms with E-state index in [0.29, 0.717) is 37.1 Å². The van der Waals surface area contributed by atoms with Crippen molar-refractivity contribution in [3.63, 3.8) is 0 Å². The van der Waals surface area contributed by atoms with E-state index in [4.69, 9.17) is 27.9 Å². The highest BCUT2D eigenvalue weighted by atomic mass is 35.5. The Balaban J connectivity index is 1.32. The summed E-state index contributed by atoms with van der Waals surface area (Å²) >= 11 is 12.2. The van der Waals surface area contributed by atoms with E-state index in [1.54, 1.807) is 18.4 Å². The van der Waals surface area contributed by atoms with Gasteiger partial charge in [-0.15, -0.1) is 0 Å². The minimum atomic E-state index is -1.21. The lowest BCUT2D eigenvalue weighted by Gasteiger charge is -2.65. The van der Waals surface area contributed by atoms with Crippen molar-refractivity contribution in [1.82, 2.24) is 5.43 Å². The molecule has 1 aromatic rings. The van der Waals surface area contributed by atoms with Gasteiger partial charge < -0.3 is 20.1 Å². The molecule has 1 amide bonds.